The minimum Gasteiger partial charge on any atom is -0.361 e. The number of rotatable bonds is 9. The van der Waals surface area contributed by atoms with E-state index in [2.05, 4.69) is 14.8 Å². The maximum absolute atomic E-state index is 13.9. The van der Waals surface area contributed by atoms with Crippen molar-refractivity contribution in [2.24, 2.45) is 0 Å². The van der Waals surface area contributed by atoms with Gasteiger partial charge in [-0.2, -0.15) is 9.51 Å². The highest BCUT2D eigenvalue weighted by Gasteiger charge is 2.45. The summed E-state index contributed by atoms with van der Waals surface area (Å²) in [5.74, 6) is -2.25. The van der Waals surface area contributed by atoms with Gasteiger partial charge in [0.2, 0.25) is 27.6 Å². The molecule has 2 heterocycles. The van der Waals surface area contributed by atoms with Crippen LogP contribution in [0.4, 0.5) is 0 Å². The topological polar surface area (TPSA) is 169 Å². The van der Waals surface area contributed by atoms with Gasteiger partial charge < -0.3 is 10.8 Å². The fourth-order valence-corrected chi connectivity index (χ4v) is 6.75. The number of carbonyl (C=O) groups excluding carboxylic acids is 4. The summed E-state index contributed by atoms with van der Waals surface area (Å²) in [6.45, 7) is 0.200. The summed E-state index contributed by atoms with van der Waals surface area (Å²) in [4.78, 5) is 55.7. The van der Waals surface area contributed by atoms with Gasteiger partial charge in [-0.15, -0.1) is 0 Å². The van der Waals surface area contributed by atoms with Gasteiger partial charge in [0.05, 0.1) is 10.9 Å². The van der Waals surface area contributed by atoms with Crippen molar-refractivity contribution in [1.82, 2.24) is 20.1 Å². The SMILES string of the molecule is [N-]=[N+]=CC(=O)CC(NC(=O)[C@@H]1CCCN2C(=O)CCC(NS(=O)(=O)c3ccc4ccccc4c3)C(=O)N12)c1ccccc1. The largest absolute Gasteiger partial charge is 0.361 e. The Bertz CT molecular complexity index is 1720. The molecule has 0 aromatic heterocycles. The smallest absolute Gasteiger partial charge is 0.323 e. The van der Waals surface area contributed by atoms with Crippen LogP contribution in [-0.2, 0) is 29.2 Å². The molecule has 43 heavy (non-hydrogen) atoms. The molecule has 0 spiro atoms. The summed E-state index contributed by atoms with van der Waals surface area (Å²) in [5, 5.41) is 6.68. The van der Waals surface area contributed by atoms with Crippen molar-refractivity contribution in [3.05, 3.63) is 83.9 Å². The zero-order valence-electron chi connectivity index (χ0n) is 23.1. The first-order chi connectivity index (χ1) is 20.7. The molecular formula is C30H30N6O6S. The van der Waals surface area contributed by atoms with E-state index in [-0.39, 0.29) is 37.1 Å². The Kier molecular flexibility index (Phi) is 8.76. The average Bonchev–Trinajstić information content (AvgIpc) is 3.13. The molecule has 2 saturated heterocycles. The monoisotopic (exact) mass is 602 g/mol. The van der Waals surface area contributed by atoms with Gasteiger partial charge in [-0.3, -0.25) is 24.2 Å². The number of Topliss-reactive ketones (excluding diaryl/α,β-unsaturated/α-hetero) is 1. The molecule has 3 aromatic carbocycles. The molecule has 2 aliphatic rings. The van der Waals surface area contributed by atoms with Crippen molar-refractivity contribution in [2.45, 2.75) is 55.1 Å². The number of sulfonamides is 1. The maximum Gasteiger partial charge on any atom is 0.323 e. The summed E-state index contributed by atoms with van der Waals surface area (Å²) in [6.07, 6.45) is 1.02. The van der Waals surface area contributed by atoms with Crippen LogP contribution in [0.15, 0.2) is 77.7 Å². The summed E-state index contributed by atoms with van der Waals surface area (Å²) in [5.41, 5.74) is 9.39. The highest BCUT2D eigenvalue weighted by atomic mass is 32.2. The first-order valence-corrected chi connectivity index (χ1v) is 15.4. The molecule has 2 unspecified atom stereocenters. The van der Waals surface area contributed by atoms with Crippen molar-refractivity contribution in [3.63, 3.8) is 0 Å². The van der Waals surface area contributed by atoms with Gasteiger partial charge in [0.25, 0.3) is 5.91 Å². The Morgan fingerprint density at radius 2 is 1.72 bits per heavy atom. The van der Waals surface area contributed by atoms with E-state index in [4.69, 9.17) is 5.53 Å². The van der Waals surface area contributed by atoms with E-state index >= 15 is 0 Å². The van der Waals surface area contributed by atoms with E-state index in [0.29, 0.717) is 17.4 Å². The van der Waals surface area contributed by atoms with Crippen molar-refractivity contribution in [3.8, 4) is 0 Å². The molecule has 13 heteroatoms. The third-order valence-corrected chi connectivity index (χ3v) is 9.09. The number of fused-ring (bicyclic) bond motifs is 2. The Hall–Kier alpha value is -4.71. The highest BCUT2D eigenvalue weighted by molar-refractivity contribution is 7.89. The summed E-state index contributed by atoms with van der Waals surface area (Å²) in [6, 6.07) is 17.4. The molecule has 0 aliphatic carbocycles. The molecule has 0 bridgehead atoms. The summed E-state index contributed by atoms with van der Waals surface area (Å²) >= 11 is 0. The second-order valence-corrected chi connectivity index (χ2v) is 12.2. The number of hydrogen-bond acceptors (Lipinski definition) is 6. The van der Waals surface area contributed by atoms with Crippen molar-refractivity contribution >= 4 is 50.5 Å². The second kappa shape index (κ2) is 12.7. The molecule has 2 aliphatic heterocycles. The zero-order valence-corrected chi connectivity index (χ0v) is 23.9. The number of nitrogens with zero attached hydrogens (tertiary/aromatic N) is 4. The van der Waals surface area contributed by atoms with Gasteiger partial charge in [0, 0.05) is 19.4 Å². The number of nitrogens with one attached hydrogen (secondary N) is 2. The maximum atomic E-state index is 13.9. The minimum atomic E-state index is -4.17. The van der Waals surface area contributed by atoms with E-state index in [1.54, 1.807) is 48.5 Å². The lowest BCUT2D eigenvalue weighted by Crippen LogP contribution is -2.63. The van der Waals surface area contributed by atoms with Crippen LogP contribution in [-0.4, -0.2) is 71.6 Å². The van der Waals surface area contributed by atoms with Crippen molar-refractivity contribution in [1.29, 1.82) is 0 Å². The molecule has 12 nitrogen and oxygen atoms in total. The van der Waals surface area contributed by atoms with E-state index in [9.17, 15) is 27.6 Å². The van der Waals surface area contributed by atoms with Crippen LogP contribution in [0.1, 0.15) is 43.7 Å². The lowest BCUT2D eigenvalue weighted by atomic mass is 10.00. The summed E-state index contributed by atoms with van der Waals surface area (Å²) in [7, 11) is -4.17. The summed E-state index contributed by atoms with van der Waals surface area (Å²) < 4.78 is 29.3. The molecular weight excluding hydrogens is 572 g/mol. The number of hydrazine groups is 1. The number of carbonyl (C=O) groups is 4. The lowest BCUT2D eigenvalue weighted by molar-refractivity contribution is -0.176. The van der Waals surface area contributed by atoms with Gasteiger partial charge in [0.15, 0.2) is 0 Å². The number of benzene rings is 3. The molecule has 2 N–H and O–H groups in total. The fraction of sp³-hybridized carbons (Fsp3) is 0.300. The molecule has 0 radical (unpaired) electrons. The molecule has 5 rings (SSSR count). The second-order valence-electron chi connectivity index (χ2n) is 10.5. The molecule has 3 amide bonds. The van der Waals surface area contributed by atoms with E-state index in [1.165, 1.54) is 17.1 Å². The first kappa shape index (κ1) is 29.8. The van der Waals surface area contributed by atoms with Gasteiger partial charge >= 0.3 is 6.21 Å². The number of ketones is 1. The highest BCUT2D eigenvalue weighted by Crippen LogP contribution is 2.27. The van der Waals surface area contributed by atoms with Gasteiger partial charge in [-0.25, -0.2) is 13.4 Å². The molecule has 3 aromatic rings. The van der Waals surface area contributed by atoms with Gasteiger partial charge in [-0.05, 0) is 47.7 Å². The van der Waals surface area contributed by atoms with Crippen molar-refractivity contribution < 1.29 is 32.4 Å². The van der Waals surface area contributed by atoms with Crippen LogP contribution >= 0.6 is 0 Å². The van der Waals surface area contributed by atoms with Crippen LogP contribution in [0.25, 0.3) is 16.3 Å². The van der Waals surface area contributed by atoms with Crippen LogP contribution in [0.5, 0.6) is 0 Å². The Balaban J connectivity index is 1.40. The predicted octanol–water partition coefficient (Wildman–Crippen LogP) is 2.13. The van der Waals surface area contributed by atoms with E-state index in [0.717, 1.165) is 16.6 Å². The average molecular weight is 603 g/mol. The Morgan fingerprint density at radius 1 is 1.00 bits per heavy atom. The molecule has 222 valence electrons. The van der Waals surface area contributed by atoms with Crippen LogP contribution < -0.4 is 10.0 Å². The minimum absolute atomic E-state index is 0.0267. The quantitative estimate of drug-likeness (QED) is 0.216. The lowest BCUT2D eigenvalue weighted by Gasteiger charge is -2.43. The Morgan fingerprint density at radius 3 is 2.47 bits per heavy atom. The third-order valence-electron chi connectivity index (χ3n) is 7.62. The van der Waals surface area contributed by atoms with Crippen LogP contribution in [0.2, 0.25) is 0 Å². The Labute approximate surface area is 248 Å². The van der Waals surface area contributed by atoms with E-state index in [1.807, 2.05) is 12.1 Å². The number of hydrogen-bond donors (Lipinski definition) is 2. The number of amides is 3. The molecule has 3 atom stereocenters. The van der Waals surface area contributed by atoms with E-state index < -0.39 is 51.7 Å². The zero-order chi connectivity index (χ0) is 30.6. The normalized spacial score (nSPS) is 19.6. The molecule has 2 fully saturated rings. The van der Waals surface area contributed by atoms with Gasteiger partial charge in [0.1, 0.15) is 12.1 Å². The van der Waals surface area contributed by atoms with Crippen molar-refractivity contribution in [2.75, 3.05) is 6.54 Å². The molecule has 0 saturated carbocycles. The fourth-order valence-electron chi connectivity index (χ4n) is 5.50. The van der Waals surface area contributed by atoms with Gasteiger partial charge in [-0.1, -0.05) is 60.7 Å². The van der Waals surface area contributed by atoms with Crippen LogP contribution in [0.3, 0.4) is 0 Å². The third kappa shape index (κ3) is 6.54. The predicted molar refractivity (Wildman–Crippen MR) is 156 cm³/mol. The standard InChI is InChI=1S/C30H30N6O6S/c31-32-19-23(37)18-26(21-8-2-1-3-9-21)33-29(39)27-11-6-16-35-28(38)15-14-25(30(40)36(27)35)34-43(41,42)24-13-12-20-7-4-5-10-22(20)17-24/h1-5,7-10,12-13,17,19,25-27,34H,6,11,14-16,18H2,(H,33,39)/t25?,26?,27-/m0/s1. The first-order valence-electron chi connectivity index (χ1n) is 13.9. The van der Waals surface area contributed by atoms with Crippen LogP contribution in [0, 0.1) is 0 Å².